The van der Waals surface area contributed by atoms with Crippen molar-refractivity contribution in [1.82, 2.24) is 9.97 Å². The van der Waals surface area contributed by atoms with Crippen LogP contribution in [0, 0.1) is 5.92 Å². The number of carbonyl (C=O) groups is 1. The Kier molecular flexibility index (Phi) is 8.05. The van der Waals surface area contributed by atoms with Crippen LogP contribution in [-0.2, 0) is 17.6 Å². The van der Waals surface area contributed by atoms with Crippen LogP contribution >= 0.6 is 11.6 Å². The molecule has 140 valence electrons. The number of carboxylic acid groups (broad SMARTS) is 1. The van der Waals surface area contributed by atoms with E-state index < -0.39 is 11.3 Å². The summed E-state index contributed by atoms with van der Waals surface area (Å²) in [5, 5.41) is 8.11. The first-order valence-electron chi connectivity index (χ1n) is 9.28. The topological polar surface area (TPSA) is 63.1 Å². The molecule has 0 fully saturated rings. The van der Waals surface area contributed by atoms with Crippen molar-refractivity contribution < 1.29 is 9.90 Å². The van der Waals surface area contributed by atoms with Gasteiger partial charge in [0.1, 0.15) is 5.38 Å². The Balaban J connectivity index is 1.91. The highest BCUT2D eigenvalue weighted by atomic mass is 35.5. The lowest BCUT2D eigenvalue weighted by Gasteiger charge is -2.14. The third-order valence-electron chi connectivity index (χ3n) is 4.61. The average Bonchev–Trinajstić information content (AvgIpc) is 2.66. The summed E-state index contributed by atoms with van der Waals surface area (Å²) in [6.07, 6.45) is 10.0. The molecule has 1 aromatic carbocycles. The van der Waals surface area contributed by atoms with Gasteiger partial charge in [0.05, 0.1) is 0 Å². The van der Waals surface area contributed by atoms with Crippen LogP contribution in [0.15, 0.2) is 36.7 Å². The number of hydrogen-bond donors (Lipinski definition) is 1. The predicted octanol–water partition coefficient (Wildman–Crippen LogP) is 5.14. The normalized spacial score (nSPS) is 13.3. The highest BCUT2D eigenvalue weighted by molar-refractivity contribution is 6.29. The van der Waals surface area contributed by atoms with Crippen LogP contribution in [0.4, 0.5) is 0 Å². The molecule has 2 rings (SSSR count). The zero-order valence-electron chi connectivity index (χ0n) is 15.5. The lowest BCUT2D eigenvalue weighted by Crippen LogP contribution is -2.22. The minimum atomic E-state index is -0.954. The van der Waals surface area contributed by atoms with Gasteiger partial charge in [0.25, 0.3) is 0 Å². The lowest BCUT2D eigenvalue weighted by atomic mass is 9.97. The van der Waals surface area contributed by atoms with Crippen molar-refractivity contribution in [3.8, 4) is 11.4 Å². The SMILES string of the molecule is CCCCCc1cnc(-c2ccc(CCC(C)C(Cl)C(=O)O)cc2)nc1. The smallest absolute Gasteiger partial charge is 0.321 e. The van der Waals surface area contributed by atoms with Crippen LogP contribution in [0.1, 0.15) is 50.7 Å². The molecular formula is C21H27ClN2O2. The van der Waals surface area contributed by atoms with Crippen LogP contribution in [0.25, 0.3) is 11.4 Å². The van der Waals surface area contributed by atoms with E-state index in [1.807, 2.05) is 43.6 Å². The number of aryl methyl sites for hydroxylation is 2. The van der Waals surface area contributed by atoms with Gasteiger partial charge >= 0.3 is 5.97 Å². The zero-order valence-corrected chi connectivity index (χ0v) is 16.2. The Morgan fingerprint density at radius 1 is 1.08 bits per heavy atom. The van der Waals surface area contributed by atoms with E-state index >= 15 is 0 Å². The summed E-state index contributed by atoms with van der Waals surface area (Å²) in [5.74, 6) is -0.293. The van der Waals surface area contributed by atoms with Crippen molar-refractivity contribution >= 4 is 17.6 Å². The van der Waals surface area contributed by atoms with Crippen LogP contribution in [0.2, 0.25) is 0 Å². The number of aromatic nitrogens is 2. The van der Waals surface area contributed by atoms with Crippen LogP contribution in [0.3, 0.4) is 0 Å². The van der Waals surface area contributed by atoms with Crippen molar-refractivity contribution in [3.05, 3.63) is 47.8 Å². The molecule has 0 amide bonds. The Morgan fingerprint density at radius 3 is 2.31 bits per heavy atom. The highest BCUT2D eigenvalue weighted by Crippen LogP contribution is 2.20. The monoisotopic (exact) mass is 374 g/mol. The van der Waals surface area contributed by atoms with Gasteiger partial charge in [-0.1, -0.05) is 51.0 Å². The third kappa shape index (κ3) is 6.10. The number of aliphatic carboxylic acids is 1. The minimum Gasteiger partial charge on any atom is -0.480 e. The van der Waals surface area contributed by atoms with E-state index in [2.05, 4.69) is 16.9 Å². The number of halogens is 1. The van der Waals surface area contributed by atoms with Crippen molar-refractivity contribution in [3.63, 3.8) is 0 Å². The maximum absolute atomic E-state index is 10.9. The van der Waals surface area contributed by atoms with Gasteiger partial charge in [0.15, 0.2) is 5.82 Å². The number of alkyl halides is 1. The zero-order chi connectivity index (χ0) is 18.9. The summed E-state index contributed by atoms with van der Waals surface area (Å²) < 4.78 is 0. The molecule has 1 N–H and O–H groups in total. The van der Waals surface area contributed by atoms with Gasteiger partial charge in [-0.05, 0) is 42.7 Å². The molecule has 2 aromatic rings. The molecule has 0 aliphatic carbocycles. The molecule has 0 radical (unpaired) electrons. The van der Waals surface area contributed by atoms with Gasteiger partial charge in [0.2, 0.25) is 0 Å². The van der Waals surface area contributed by atoms with E-state index in [-0.39, 0.29) is 5.92 Å². The second-order valence-corrected chi connectivity index (χ2v) is 7.30. The van der Waals surface area contributed by atoms with Gasteiger partial charge in [-0.2, -0.15) is 0 Å². The number of unbranched alkanes of at least 4 members (excludes halogenated alkanes) is 2. The highest BCUT2D eigenvalue weighted by Gasteiger charge is 2.21. The van der Waals surface area contributed by atoms with Crippen molar-refractivity contribution in [1.29, 1.82) is 0 Å². The fourth-order valence-electron chi connectivity index (χ4n) is 2.82. The summed E-state index contributed by atoms with van der Waals surface area (Å²) in [4.78, 5) is 19.9. The Morgan fingerprint density at radius 2 is 1.73 bits per heavy atom. The van der Waals surface area contributed by atoms with Crippen LogP contribution in [0.5, 0.6) is 0 Å². The molecule has 0 bridgehead atoms. The van der Waals surface area contributed by atoms with E-state index in [4.69, 9.17) is 16.7 Å². The van der Waals surface area contributed by atoms with Crippen molar-refractivity contribution in [2.75, 3.05) is 0 Å². The summed E-state index contributed by atoms with van der Waals surface area (Å²) in [5.41, 5.74) is 3.33. The lowest BCUT2D eigenvalue weighted by molar-refractivity contribution is -0.137. The largest absolute Gasteiger partial charge is 0.480 e. The minimum absolute atomic E-state index is 0.0718. The quantitative estimate of drug-likeness (QED) is 0.462. The molecule has 0 aliphatic heterocycles. The molecule has 5 heteroatoms. The molecule has 0 spiro atoms. The average molecular weight is 375 g/mol. The first-order chi connectivity index (χ1) is 12.5. The Labute approximate surface area is 160 Å². The molecule has 4 nitrogen and oxygen atoms in total. The van der Waals surface area contributed by atoms with E-state index in [9.17, 15) is 4.79 Å². The van der Waals surface area contributed by atoms with E-state index in [1.165, 1.54) is 24.8 Å². The number of rotatable bonds is 10. The predicted molar refractivity (Wildman–Crippen MR) is 105 cm³/mol. The fraction of sp³-hybridized carbons (Fsp3) is 0.476. The third-order valence-corrected chi connectivity index (χ3v) is 5.23. The molecule has 2 atom stereocenters. The van der Waals surface area contributed by atoms with Crippen molar-refractivity contribution in [2.24, 2.45) is 5.92 Å². The summed E-state index contributed by atoms with van der Waals surface area (Å²) >= 11 is 5.87. The number of carboxylic acids is 1. The molecule has 1 heterocycles. The van der Waals surface area contributed by atoms with E-state index in [0.29, 0.717) is 0 Å². The van der Waals surface area contributed by atoms with Crippen molar-refractivity contribution in [2.45, 2.75) is 57.7 Å². The van der Waals surface area contributed by atoms with Gasteiger partial charge in [-0.3, -0.25) is 4.79 Å². The summed E-state index contributed by atoms with van der Waals surface area (Å²) in [6, 6.07) is 8.12. The Bertz CT molecular complexity index is 686. The van der Waals surface area contributed by atoms with Crippen LogP contribution < -0.4 is 0 Å². The van der Waals surface area contributed by atoms with Gasteiger partial charge in [-0.15, -0.1) is 11.6 Å². The van der Waals surface area contributed by atoms with Crippen LogP contribution in [-0.4, -0.2) is 26.4 Å². The first kappa shape index (κ1) is 20.4. The molecule has 2 unspecified atom stereocenters. The summed E-state index contributed by atoms with van der Waals surface area (Å²) in [7, 11) is 0. The van der Waals surface area contributed by atoms with E-state index in [0.717, 1.165) is 36.2 Å². The van der Waals surface area contributed by atoms with Gasteiger partial charge in [-0.25, -0.2) is 9.97 Å². The fourth-order valence-corrected chi connectivity index (χ4v) is 2.94. The standard InChI is InChI=1S/C21H27ClN2O2/c1-3-4-5-6-17-13-23-20(24-14-17)18-11-9-16(10-12-18)8-7-15(2)19(22)21(25)26/h9-15,19H,3-8H2,1-2H3,(H,25,26). The molecule has 26 heavy (non-hydrogen) atoms. The number of nitrogens with zero attached hydrogens (tertiary/aromatic N) is 2. The Hall–Kier alpha value is -1.94. The molecule has 0 saturated heterocycles. The maximum atomic E-state index is 10.9. The second kappa shape index (κ2) is 10.3. The molecular weight excluding hydrogens is 348 g/mol. The molecule has 1 aromatic heterocycles. The maximum Gasteiger partial charge on any atom is 0.321 e. The summed E-state index contributed by atoms with van der Waals surface area (Å²) in [6.45, 7) is 4.07. The van der Waals surface area contributed by atoms with Gasteiger partial charge < -0.3 is 5.11 Å². The van der Waals surface area contributed by atoms with E-state index in [1.54, 1.807) is 0 Å². The first-order valence-corrected chi connectivity index (χ1v) is 9.72. The second-order valence-electron chi connectivity index (χ2n) is 6.82. The molecule has 0 saturated carbocycles. The van der Waals surface area contributed by atoms with Gasteiger partial charge in [0, 0.05) is 18.0 Å². The number of benzene rings is 1. The number of hydrogen-bond acceptors (Lipinski definition) is 3. The molecule has 0 aliphatic rings.